The van der Waals surface area contributed by atoms with E-state index < -0.39 is 0 Å². The minimum atomic E-state index is 0.418. The van der Waals surface area contributed by atoms with Crippen LogP contribution in [0.2, 0.25) is 0 Å². The second kappa shape index (κ2) is 7.11. The van der Waals surface area contributed by atoms with Crippen LogP contribution in [-0.4, -0.2) is 0 Å². The molecule has 0 bridgehead atoms. The predicted molar refractivity (Wildman–Crippen MR) is 92.0 cm³/mol. The van der Waals surface area contributed by atoms with Gasteiger partial charge in [0.25, 0.3) is 0 Å². The van der Waals surface area contributed by atoms with Crippen molar-refractivity contribution in [2.24, 2.45) is 10.8 Å². The second-order valence-electron chi connectivity index (χ2n) is 8.24. The van der Waals surface area contributed by atoms with Crippen LogP contribution >= 0.6 is 0 Å². The van der Waals surface area contributed by atoms with Crippen molar-refractivity contribution in [1.82, 2.24) is 0 Å². The Balaban J connectivity index is 2.82. The van der Waals surface area contributed by atoms with Crippen molar-refractivity contribution in [3.63, 3.8) is 0 Å². The Bertz CT molecular complexity index is 457. The van der Waals surface area contributed by atoms with Gasteiger partial charge in [0.05, 0.1) is 0 Å². The van der Waals surface area contributed by atoms with Gasteiger partial charge in [0.2, 0.25) is 0 Å². The van der Waals surface area contributed by atoms with E-state index in [2.05, 4.69) is 78.0 Å². The van der Waals surface area contributed by atoms with Crippen LogP contribution in [0.25, 0.3) is 12.2 Å². The molecule has 0 heterocycles. The molecule has 0 nitrogen and oxygen atoms in total. The van der Waals surface area contributed by atoms with Crippen LogP contribution in [0.1, 0.15) is 67.2 Å². The maximum Gasteiger partial charge on any atom is -0.0227 e. The summed E-state index contributed by atoms with van der Waals surface area (Å²) in [5.41, 5.74) is 0.836. The third kappa shape index (κ3) is 7.53. The van der Waals surface area contributed by atoms with Gasteiger partial charge in [0, 0.05) is 0 Å². The maximum absolute atomic E-state index is 2.40. The Kier molecular flexibility index (Phi) is 6.05. The lowest BCUT2D eigenvalue weighted by molar-refractivity contribution is 0.385. The molecule has 0 aromatic heterocycles. The van der Waals surface area contributed by atoms with Crippen LogP contribution in [0.3, 0.4) is 0 Å². The van der Waals surface area contributed by atoms with Crippen molar-refractivity contribution in [3.8, 4) is 0 Å². The lowest BCUT2D eigenvalue weighted by Gasteiger charge is -2.16. The third-order valence-electron chi connectivity index (χ3n) is 3.51. The van der Waals surface area contributed by atoms with E-state index >= 15 is 0 Å². The standard InChI is InChI=1S/C20H32/c1-19(2,3)15-9-13-17-11-7-8-12-18(17)14-10-16-20(4,5)6/h7-8,11-14H,9-10,15-16H2,1-6H3. The molecule has 1 aromatic rings. The zero-order valence-corrected chi connectivity index (χ0v) is 14.3. The average Bonchev–Trinajstić information content (AvgIpc) is 2.28. The first kappa shape index (κ1) is 17.0. The molecular weight excluding hydrogens is 240 g/mol. The lowest BCUT2D eigenvalue weighted by Crippen LogP contribution is -2.24. The number of rotatable bonds is 4. The first-order valence-corrected chi connectivity index (χ1v) is 7.93. The van der Waals surface area contributed by atoms with E-state index in [1.54, 1.807) is 0 Å². The first-order chi connectivity index (χ1) is 9.17. The van der Waals surface area contributed by atoms with E-state index in [0.29, 0.717) is 10.8 Å². The molecular formula is C20H32. The van der Waals surface area contributed by atoms with Gasteiger partial charge in [-0.1, -0.05) is 78.0 Å². The molecule has 0 spiro atoms. The van der Waals surface area contributed by atoms with E-state index in [1.165, 1.54) is 23.3 Å². The summed E-state index contributed by atoms with van der Waals surface area (Å²) in [5.74, 6) is 0. The van der Waals surface area contributed by atoms with Crippen molar-refractivity contribution < 1.29 is 0 Å². The monoisotopic (exact) mass is 272 g/mol. The average molecular weight is 272 g/mol. The highest BCUT2D eigenvalue weighted by atomic mass is 14.1. The van der Waals surface area contributed by atoms with Crippen molar-refractivity contribution in [1.29, 1.82) is 0 Å². The molecule has 0 unspecified atom stereocenters. The highest BCUT2D eigenvalue weighted by molar-refractivity contribution is 5.31. The minimum Gasteiger partial charge on any atom is -0.0767 e. The normalized spacial score (nSPS) is 14.9. The van der Waals surface area contributed by atoms with Crippen molar-refractivity contribution in [2.75, 3.05) is 0 Å². The molecule has 1 rings (SSSR count). The zero-order chi connectivity index (χ0) is 15.2. The molecule has 0 amide bonds. The fraction of sp³-hybridized carbons (Fsp3) is 0.600. The SMILES string of the molecule is CC(C)(C)CCC=c1ccccc1=CCCC(C)(C)C. The Hall–Kier alpha value is -1.04. The molecule has 20 heavy (non-hydrogen) atoms. The molecule has 0 saturated heterocycles. The molecule has 0 saturated carbocycles. The van der Waals surface area contributed by atoms with Crippen LogP contribution in [0, 0.1) is 10.8 Å². The van der Waals surface area contributed by atoms with Gasteiger partial charge >= 0.3 is 0 Å². The minimum absolute atomic E-state index is 0.418. The molecule has 0 fully saturated rings. The van der Waals surface area contributed by atoms with E-state index in [-0.39, 0.29) is 0 Å². The maximum atomic E-state index is 2.40. The summed E-state index contributed by atoms with van der Waals surface area (Å²) in [4.78, 5) is 0. The van der Waals surface area contributed by atoms with Crippen LogP contribution < -0.4 is 10.4 Å². The van der Waals surface area contributed by atoms with Crippen LogP contribution in [-0.2, 0) is 0 Å². The van der Waals surface area contributed by atoms with Gasteiger partial charge in [-0.05, 0) is 47.0 Å². The molecule has 0 radical (unpaired) electrons. The highest BCUT2D eigenvalue weighted by Gasteiger charge is 2.08. The summed E-state index contributed by atoms with van der Waals surface area (Å²) >= 11 is 0. The number of hydrogen-bond acceptors (Lipinski definition) is 0. The van der Waals surface area contributed by atoms with Crippen molar-refractivity contribution in [2.45, 2.75) is 67.2 Å². The Labute approximate surface area is 125 Å². The molecule has 0 atom stereocenters. The third-order valence-corrected chi connectivity index (χ3v) is 3.51. The van der Waals surface area contributed by atoms with Gasteiger partial charge in [-0.3, -0.25) is 0 Å². The summed E-state index contributed by atoms with van der Waals surface area (Å²) < 4.78 is 0. The van der Waals surface area contributed by atoms with Crippen LogP contribution in [0.4, 0.5) is 0 Å². The highest BCUT2D eigenvalue weighted by Crippen LogP contribution is 2.21. The Morgan fingerprint density at radius 2 is 1.05 bits per heavy atom. The Morgan fingerprint density at radius 3 is 1.35 bits per heavy atom. The van der Waals surface area contributed by atoms with E-state index in [1.807, 2.05) is 0 Å². The van der Waals surface area contributed by atoms with Gasteiger partial charge in [-0.2, -0.15) is 0 Å². The van der Waals surface area contributed by atoms with Gasteiger partial charge in [0.1, 0.15) is 0 Å². The first-order valence-electron chi connectivity index (χ1n) is 7.93. The smallest absolute Gasteiger partial charge is 0.0227 e. The number of hydrogen-bond donors (Lipinski definition) is 0. The van der Waals surface area contributed by atoms with Gasteiger partial charge in [-0.25, -0.2) is 0 Å². The molecule has 1 aromatic carbocycles. The molecule has 0 N–H and O–H groups in total. The summed E-state index contributed by atoms with van der Waals surface area (Å²) in [7, 11) is 0. The van der Waals surface area contributed by atoms with E-state index in [0.717, 1.165) is 12.8 Å². The van der Waals surface area contributed by atoms with E-state index in [9.17, 15) is 0 Å². The summed E-state index contributed by atoms with van der Waals surface area (Å²) in [6, 6.07) is 8.77. The molecule has 0 aliphatic heterocycles. The summed E-state index contributed by atoms with van der Waals surface area (Å²) in [5, 5.41) is 2.79. The van der Waals surface area contributed by atoms with Gasteiger partial charge in [-0.15, -0.1) is 0 Å². The lowest BCUT2D eigenvalue weighted by atomic mass is 9.90. The largest absolute Gasteiger partial charge is 0.0767 e. The topological polar surface area (TPSA) is 0 Å². The fourth-order valence-electron chi connectivity index (χ4n) is 2.20. The summed E-state index contributed by atoms with van der Waals surface area (Å²) in [6.45, 7) is 13.8. The Morgan fingerprint density at radius 1 is 0.700 bits per heavy atom. The van der Waals surface area contributed by atoms with Gasteiger partial charge in [0.15, 0.2) is 0 Å². The molecule has 0 heteroatoms. The predicted octanol–water partition coefficient (Wildman–Crippen LogP) is 4.90. The zero-order valence-electron chi connectivity index (χ0n) is 14.3. The fourth-order valence-corrected chi connectivity index (χ4v) is 2.20. The second-order valence-corrected chi connectivity index (χ2v) is 8.24. The molecule has 0 aliphatic carbocycles. The quantitative estimate of drug-likeness (QED) is 0.731. The molecule has 112 valence electrons. The van der Waals surface area contributed by atoms with Crippen LogP contribution in [0.15, 0.2) is 24.3 Å². The van der Waals surface area contributed by atoms with Crippen LogP contribution in [0.5, 0.6) is 0 Å². The van der Waals surface area contributed by atoms with Crippen molar-refractivity contribution >= 4 is 12.2 Å². The van der Waals surface area contributed by atoms with E-state index in [4.69, 9.17) is 0 Å². The summed E-state index contributed by atoms with van der Waals surface area (Å²) in [6.07, 6.45) is 9.59. The van der Waals surface area contributed by atoms with Gasteiger partial charge < -0.3 is 0 Å². The van der Waals surface area contributed by atoms with Crippen molar-refractivity contribution in [3.05, 3.63) is 34.7 Å². The number of benzene rings is 1. The molecule has 0 aliphatic rings.